The molecule has 20 heavy (non-hydrogen) atoms. The lowest BCUT2D eigenvalue weighted by molar-refractivity contribution is 0.389. The second kappa shape index (κ2) is 7.36. The average Bonchev–Trinajstić information content (AvgIpc) is 2.96. The number of benzene rings is 1. The quantitative estimate of drug-likeness (QED) is 0.847. The number of methoxy groups -OCH3 is 1. The fraction of sp³-hybridized carbons (Fsp3) is 0.400. The summed E-state index contributed by atoms with van der Waals surface area (Å²) >= 11 is 1.58. The number of hydrogen-bond acceptors (Lipinski definition) is 4. The van der Waals surface area contributed by atoms with Crippen LogP contribution in [0.25, 0.3) is 0 Å². The number of nitrogens with one attached hydrogen (secondary N) is 1. The Morgan fingerprint density at radius 1 is 1.45 bits per heavy atom. The molecule has 2 rings (SSSR count). The maximum Gasteiger partial charge on any atom is 0.131 e. The lowest BCUT2D eigenvalue weighted by Gasteiger charge is -2.21. The van der Waals surface area contributed by atoms with Gasteiger partial charge in [0.25, 0.3) is 0 Å². The molecule has 0 amide bonds. The van der Waals surface area contributed by atoms with Crippen LogP contribution in [0.3, 0.4) is 0 Å². The predicted molar refractivity (Wildman–Crippen MR) is 79.8 cm³/mol. The van der Waals surface area contributed by atoms with Crippen LogP contribution in [-0.2, 0) is 6.42 Å². The van der Waals surface area contributed by atoms with Gasteiger partial charge in [-0.15, -0.1) is 11.3 Å². The molecule has 108 valence electrons. The number of aromatic nitrogens is 1. The monoisotopic (exact) mass is 294 g/mol. The number of hydrogen-bond donors (Lipinski definition) is 1. The van der Waals surface area contributed by atoms with Crippen LogP contribution in [0.1, 0.15) is 29.8 Å². The van der Waals surface area contributed by atoms with Gasteiger partial charge >= 0.3 is 0 Å². The first kappa shape index (κ1) is 14.9. The van der Waals surface area contributed by atoms with E-state index in [9.17, 15) is 4.39 Å². The highest BCUT2D eigenvalue weighted by molar-refractivity contribution is 7.09. The Morgan fingerprint density at radius 2 is 2.30 bits per heavy atom. The van der Waals surface area contributed by atoms with Crippen molar-refractivity contribution in [2.45, 2.75) is 25.8 Å². The minimum absolute atomic E-state index is 0.105. The Hall–Kier alpha value is -1.46. The predicted octanol–water partition coefficient (Wildman–Crippen LogP) is 3.57. The highest BCUT2D eigenvalue weighted by atomic mass is 32.1. The summed E-state index contributed by atoms with van der Waals surface area (Å²) in [7, 11) is 1.57. The number of nitrogens with zero attached hydrogens (tertiary/aromatic N) is 1. The molecule has 0 aliphatic carbocycles. The zero-order chi connectivity index (χ0) is 14.4. The Labute approximate surface area is 122 Å². The largest absolute Gasteiger partial charge is 0.496 e. The van der Waals surface area contributed by atoms with Gasteiger partial charge in [-0.2, -0.15) is 0 Å². The SMILES string of the molecule is CCCNC(Cc1cncs1)c1c(F)cccc1OC. The van der Waals surface area contributed by atoms with Crippen LogP contribution in [0, 0.1) is 5.82 Å². The van der Waals surface area contributed by atoms with Crippen molar-refractivity contribution in [3.8, 4) is 5.75 Å². The highest BCUT2D eigenvalue weighted by Crippen LogP contribution is 2.30. The van der Waals surface area contributed by atoms with E-state index >= 15 is 0 Å². The second-order valence-electron chi connectivity index (χ2n) is 4.53. The van der Waals surface area contributed by atoms with Gasteiger partial charge in [0.05, 0.1) is 12.6 Å². The molecule has 1 atom stereocenters. The molecule has 0 saturated carbocycles. The smallest absolute Gasteiger partial charge is 0.131 e. The van der Waals surface area contributed by atoms with Gasteiger partial charge in [0.2, 0.25) is 0 Å². The van der Waals surface area contributed by atoms with E-state index in [1.807, 2.05) is 6.20 Å². The Morgan fingerprint density at radius 3 is 2.95 bits per heavy atom. The molecule has 0 bridgehead atoms. The van der Waals surface area contributed by atoms with E-state index in [-0.39, 0.29) is 11.9 Å². The fourth-order valence-corrected chi connectivity index (χ4v) is 2.81. The van der Waals surface area contributed by atoms with Gasteiger partial charge in [-0.05, 0) is 25.1 Å². The normalized spacial score (nSPS) is 12.3. The molecular formula is C15H19FN2OS. The summed E-state index contributed by atoms with van der Waals surface area (Å²) in [6, 6.07) is 4.84. The number of halogens is 1. The van der Waals surface area contributed by atoms with Crippen LogP contribution in [0.15, 0.2) is 29.9 Å². The standard InChI is InChI=1S/C15H19FN2OS/c1-3-7-18-13(8-11-9-17-10-20-11)15-12(16)5-4-6-14(15)19-2/h4-6,9-10,13,18H,3,7-8H2,1-2H3. The van der Waals surface area contributed by atoms with Crippen LogP contribution < -0.4 is 10.1 Å². The second-order valence-corrected chi connectivity index (χ2v) is 5.51. The molecule has 1 heterocycles. The third-order valence-electron chi connectivity index (χ3n) is 3.11. The molecule has 1 aromatic heterocycles. The van der Waals surface area contributed by atoms with Crippen LogP contribution in [0.5, 0.6) is 5.75 Å². The van der Waals surface area contributed by atoms with Gasteiger partial charge in [-0.1, -0.05) is 13.0 Å². The van der Waals surface area contributed by atoms with Crippen LogP contribution in [-0.4, -0.2) is 18.6 Å². The molecule has 0 radical (unpaired) electrons. The summed E-state index contributed by atoms with van der Waals surface area (Å²) < 4.78 is 19.5. The first-order valence-electron chi connectivity index (χ1n) is 6.69. The van der Waals surface area contributed by atoms with Crippen molar-refractivity contribution >= 4 is 11.3 Å². The van der Waals surface area contributed by atoms with Crippen molar-refractivity contribution in [1.29, 1.82) is 0 Å². The Bertz CT molecular complexity index is 531. The van der Waals surface area contributed by atoms with Gasteiger partial charge in [-0.25, -0.2) is 4.39 Å². The maximum atomic E-state index is 14.2. The maximum absolute atomic E-state index is 14.2. The van der Waals surface area contributed by atoms with Gasteiger partial charge in [0.1, 0.15) is 11.6 Å². The van der Waals surface area contributed by atoms with E-state index in [1.54, 1.807) is 36.1 Å². The summed E-state index contributed by atoms with van der Waals surface area (Å²) in [5.41, 5.74) is 2.39. The fourth-order valence-electron chi connectivity index (χ4n) is 2.17. The Kier molecular flexibility index (Phi) is 5.49. The molecule has 2 aromatic rings. The van der Waals surface area contributed by atoms with E-state index in [0.29, 0.717) is 17.7 Å². The van der Waals surface area contributed by atoms with Crippen molar-refractivity contribution < 1.29 is 9.13 Å². The van der Waals surface area contributed by atoms with Crippen LogP contribution in [0.2, 0.25) is 0 Å². The third kappa shape index (κ3) is 3.55. The molecule has 0 saturated heterocycles. The van der Waals surface area contributed by atoms with Crippen LogP contribution >= 0.6 is 11.3 Å². The molecule has 0 aliphatic rings. The molecule has 3 nitrogen and oxygen atoms in total. The molecule has 1 aromatic carbocycles. The average molecular weight is 294 g/mol. The minimum Gasteiger partial charge on any atom is -0.496 e. The summed E-state index contributed by atoms with van der Waals surface area (Å²) in [5, 5.41) is 3.40. The summed E-state index contributed by atoms with van der Waals surface area (Å²) in [4.78, 5) is 5.21. The first-order chi connectivity index (χ1) is 9.76. The molecular weight excluding hydrogens is 275 g/mol. The third-order valence-corrected chi connectivity index (χ3v) is 3.91. The van der Waals surface area contributed by atoms with Crippen molar-refractivity contribution in [2.24, 2.45) is 0 Å². The van der Waals surface area contributed by atoms with Gasteiger partial charge < -0.3 is 10.1 Å². The van der Waals surface area contributed by atoms with Crippen molar-refractivity contribution in [1.82, 2.24) is 10.3 Å². The number of thiazole rings is 1. The minimum atomic E-state index is -0.234. The Balaban J connectivity index is 2.30. The topological polar surface area (TPSA) is 34.2 Å². The molecule has 0 aliphatic heterocycles. The van der Waals surface area contributed by atoms with Gasteiger partial charge in [0, 0.05) is 29.1 Å². The zero-order valence-electron chi connectivity index (χ0n) is 11.7. The zero-order valence-corrected chi connectivity index (χ0v) is 12.5. The van der Waals surface area contributed by atoms with E-state index in [0.717, 1.165) is 17.8 Å². The van der Waals surface area contributed by atoms with Crippen molar-refractivity contribution in [3.05, 3.63) is 46.2 Å². The lowest BCUT2D eigenvalue weighted by Crippen LogP contribution is -2.25. The van der Waals surface area contributed by atoms with E-state index in [4.69, 9.17) is 4.74 Å². The first-order valence-corrected chi connectivity index (χ1v) is 7.57. The summed E-state index contributed by atoms with van der Waals surface area (Å²) in [5.74, 6) is 0.352. The number of ether oxygens (including phenoxy) is 1. The summed E-state index contributed by atoms with van der Waals surface area (Å²) in [6.07, 6.45) is 3.54. The highest BCUT2D eigenvalue weighted by Gasteiger charge is 2.20. The molecule has 1 unspecified atom stereocenters. The van der Waals surface area contributed by atoms with E-state index in [2.05, 4.69) is 17.2 Å². The van der Waals surface area contributed by atoms with Crippen molar-refractivity contribution in [2.75, 3.05) is 13.7 Å². The lowest BCUT2D eigenvalue weighted by atomic mass is 10.0. The van der Waals surface area contributed by atoms with Gasteiger partial charge in [0.15, 0.2) is 0 Å². The molecule has 1 N–H and O–H groups in total. The van der Waals surface area contributed by atoms with Crippen molar-refractivity contribution in [3.63, 3.8) is 0 Å². The van der Waals surface area contributed by atoms with E-state index in [1.165, 1.54) is 6.07 Å². The van der Waals surface area contributed by atoms with Gasteiger partial charge in [-0.3, -0.25) is 4.98 Å². The van der Waals surface area contributed by atoms with Crippen LogP contribution in [0.4, 0.5) is 4.39 Å². The molecule has 5 heteroatoms. The molecule has 0 spiro atoms. The molecule has 0 fully saturated rings. The van der Waals surface area contributed by atoms with E-state index < -0.39 is 0 Å². The number of rotatable bonds is 7. The summed E-state index contributed by atoms with van der Waals surface area (Å²) in [6.45, 7) is 2.93.